The van der Waals surface area contributed by atoms with Crippen LogP contribution < -0.4 is 16.4 Å². The van der Waals surface area contributed by atoms with Gasteiger partial charge in [0.2, 0.25) is 5.91 Å². The quantitative estimate of drug-likeness (QED) is 0.585. The normalized spacial score (nSPS) is 13.0. The van der Waals surface area contributed by atoms with Gasteiger partial charge in [-0.3, -0.25) is 14.9 Å². The molecule has 1 aromatic rings. The zero-order valence-electron chi connectivity index (χ0n) is 16.0. The minimum absolute atomic E-state index is 0.118. The number of benzene rings is 1. The van der Waals surface area contributed by atoms with Gasteiger partial charge in [0.15, 0.2) is 6.10 Å². The van der Waals surface area contributed by atoms with Gasteiger partial charge in [0.05, 0.1) is 6.42 Å². The van der Waals surface area contributed by atoms with Crippen molar-refractivity contribution in [2.24, 2.45) is 17.6 Å². The Labute approximate surface area is 158 Å². The summed E-state index contributed by atoms with van der Waals surface area (Å²) in [5, 5.41) is 4.56. The van der Waals surface area contributed by atoms with Gasteiger partial charge in [-0.1, -0.05) is 58.0 Å². The molecule has 27 heavy (non-hydrogen) atoms. The highest BCUT2D eigenvalue weighted by Gasteiger charge is 2.32. The van der Waals surface area contributed by atoms with E-state index in [4.69, 9.17) is 10.5 Å². The van der Waals surface area contributed by atoms with E-state index in [1.807, 2.05) is 35.6 Å². The molecule has 2 atom stereocenters. The molecule has 0 heterocycles. The number of urea groups is 1. The van der Waals surface area contributed by atoms with E-state index in [1.165, 1.54) is 0 Å². The fraction of sp³-hybridized carbons (Fsp3) is 0.474. The Morgan fingerprint density at radius 1 is 1.00 bits per heavy atom. The number of ether oxygens (including phenoxy) is 1. The molecule has 8 heteroatoms. The summed E-state index contributed by atoms with van der Waals surface area (Å²) in [5.74, 6) is -2.53. The lowest BCUT2D eigenvalue weighted by Crippen LogP contribution is -2.50. The van der Waals surface area contributed by atoms with Gasteiger partial charge in [-0.15, -0.1) is 0 Å². The number of carbonyl (C=O) groups is 4. The van der Waals surface area contributed by atoms with Crippen molar-refractivity contribution in [3.05, 3.63) is 35.9 Å². The van der Waals surface area contributed by atoms with E-state index < -0.39 is 30.1 Å². The van der Waals surface area contributed by atoms with Crippen LogP contribution in [0.2, 0.25) is 0 Å². The number of hydrogen-bond donors (Lipinski definition) is 3. The maximum Gasteiger partial charge on any atom is 0.329 e. The molecule has 148 valence electrons. The van der Waals surface area contributed by atoms with Crippen molar-refractivity contribution in [1.29, 1.82) is 0 Å². The van der Waals surface area contributed by atoms with Crippen molar-refractivity contribution in [3.63, 3.8) is 0 Å². The molecule has 0 aliphatic rings. The summed E-state index contributed by atoms with van der Waals surface area (Å²) in [6.45, 7) is 6.83. The molecule has 0 spiro atoms. The molecule has 1 rings (SSSR count). The highest BCUT2D eigenvalue weighted by Crippen LogP contribution is 2.12. The van der Waals surface area contributed by atoms with E-state index in [2.05, 4.69) is 5.32 Å². The van der Waals surface area contributed by atoms with Crippen LogP contribution in [0.25, 0.3) is 0 Å². The van der Waals surface area contributed by atoms with Gasteiger partial charge in [0, 0.05) is 0 Å². The number of primary amides is 1. The van der Waals surface area contributed by atoms with Crippen LogP contribution in [0, 0.1) is 11.8 Å². The van der Waals surface area contributed by atoms with Crippen molar-refractivity contribution in [2.45, 2.75) is 46.3 Å². The molecule has 0 unspecified atom stereocenters. The fourth-order valence-corrected chi connectivity index (χ4v) is 2.39. The first-order valence-electron chi connectivity index (χ1n) is 8.75. The van der Waals surface area contributed by atoms with E-state index in [-0.39, 0.29) is 24.2 Å². The second kappa shape index (κ2) is 10.3. The zero-order valence-corrected chi connectivity index (χ0v) is 16.0. The van der Waals surface area contributed by atoms with Crippen LogP contribution >= 0.6 is 0 Å². The lowest BCUT2D eigenvalue weighted by Gasteiger charge is -2.25. The molecule has 0 saturated heterocycles. The topological polar surface area (TPSA) is 128 Å². The highest BCUT2D eigenvalue weighted by molar-refractivity contribution is 5.97. The standard InChI is InChI=1S/C19H27N3O5/c1-11(2)15(21-14(23)10-13-8-6-5-7-9-13)18(25)27-16(12(3)4)17(24)22-19(20)26/h5-9,11-12,15-16H,10H2,1-4H3,(H,21,23)(H3,20,22,24,26)/t15-,16+/m0/s1. The van der Waals surface area contributed by atoms with Gasteiger partial charge in [0.25, 0.3) is 5.91 Å². The molecule has 0 radical (unpaired) electrons. The van der Waals surface area contributed by atoms with Crippen LogP contribution in [0.3, 0.4) is 0 Å². The van der Waals surface area contributed by atoms with Crippen molar-refractivity contribution in [3.8, 4) is 0 Å². The van der Waals surface area contributed by atoms with Gasteiger partial charge in [-0.05, 0) is 17.4 Å². The number of hydrogen-bond acceptors (Lipinski definition) is 5. The van der Waals surface area contributed by atoms with Gasteiger partial charge in [0.1, 0.15) is 6.04 Å². The van der Waals surface area contributed by atoms with Crippen molar-refractivity contribution >= 4 is 23.8 Å². The molecule has 4 amide bonds. The fourth-order valence-electron chi connectivity index (χ4n) is 2.39. The van der Waals surface area contributed by atoms with Crippen LogP contribution in [0.5, 0.6) is 0 Å². The van der Waals surface area contributed by atoms with Crippen LogP contribution in [0.4, 0.5) is 4.79 Å². The van der Waals surface area contributed by atoms with E-state index in [1.54, 1.807) is 27.7 Å². The Morgan fingerprint density at radius 2 is 1.59 bits per heavy atom. The van der Waals surface area contributed by atoms with Gasteiger partial charge >= 0.3 is 12.0 Å². The molecule has 0 aliphatic heterocycles. The largest absolute Gasteiger partial charge is 0.450 e. The third-order valence-electron chi connectivity index (χ3n) is 3.80. The SMILES string of the molecule is CC(C)[C@H](NC(=O)Cc1ccccc1)C(=O)O[C@@H](C(=O)NC(N)=O)C(C)C. The Kier molecular flexibility index (Phi) is 8.44. The van der Waals surface area contributed by atoms with Crippen LogP contribution in [-0.2, 0) is 25.5 Å². The molecule has 0 bridgehead atoms. The number of nitrogens with two attached hydrogens (primary N) is 1. The third kappa shape index (κ3) is 7.47. The van der Waals surface area contributed by atoms with E-state index in [9.17, 15) is 19.2 Å². The number of imide groups is 1. The Hall–Kier alpha value is -2.90. The first-order chi connectivity index (χ1) is 12.6. The average Bonchev–Trinajstić information content (AvgIpc) is 2.56. The average molecular weight is 377 g/mol. The number of carbonyl (C=O) groups excluding carboxylic acids is 4. The number of amides is 4. The monoisotopic (exact) mass is 377 g/mol. The van der Waals surface area contributed by atoms with Crippen LogP contribution in [0.15, 0.2) is 30.3 Å². The lowest BCUT2D eigenvalue weighted by molar-refractivity contribution is -0.162. The second-order valence-electron chi connectivity index (χ2n) is 6.91. The Bertz CT molecular complexity index is 673. The molecule has 0 fully saturated rings. The molecule has 4 N–H and O–H groups in total. The molecule has 0 saturated carbocycles. The van der Waals surface area contributed by atoms with Crippen molar-refractivity contribution in [2.75, 3.05) is 0 Å². The summed E-state index contributed by atoms with van der Waals surface area (Å²) in [7, 11) is 0. The Morgan fingerprint density at radius 3 is 2.07 bits per heavy atom. The summed E-state index contributed by atoms with van der Waals surface area (Å²) in [5.41, 5.74) is 5.75. The zero-order chi connectivity index (χ0) is 20.6. The predicted molar refractivity (Wildman–Crippen MR) is 99.4 cm³/mol. The van der Waals surface area contributed by atoms with E-state index in [0.717, 1.165) is 5.56 Å². The number of esters is 1. The van der Waals surface area contributed by atoms with Crippen molar-refractivity contribution in [1.82, 2.24) is 10.6 Å². The van der Waals surface area contributed by atoms with E-state index in [0.29, 0.717) is 0 Å². The molecule has 8 nitrogen and oxygen atoms in total. The smallest absolute Gasteiger partial charge is 0.329 e. The Balaban J connectivity index is 2.79. The molecular formula is C19H27N3O5. The maximum atomic E-state index is 12.5. The number of nitrogens with one attached hydrogen (secondary N) is 2. The highest BCUT2D eigenvalue weighted by atomic mass is 16.5. The van der Waals surface area contributed by atoms with E-state index >= 15 is 0 Å². The minimum atomic E-state index is -1.20. The van der Waals surface area contributed by atoms with Crippen molar-refractivity contribution < 1.29 is 23.9 Å². The summed E-state index contributed by atoms with van der Waals surface area (Å²) >= 11 is 0. The second-order valence-corrected chi connectivity index (χ2v) is 6.91. The molecular weight excluding hydrogens is 350 g/mol. The summed E-state index contributed by atoms with van der Waals surface area (Å²) < 4.78 is 5.28. The van der Waals surface area contributed by atoms with Crippen LogP contribution in [-0.4, -0.2) is 36.0 Å². The lowest BCUT2D eigenvalue weighted by atomic mass is 10.0. The third-order valence-corrected chi connectivity index (χ3v) is 3.80. The van der Waals surface area contributed by atoms with Gasteiger partial charge in [-0.2, -0.15) is 0 Å². The predicted octanol–water partition coefficient (Wildman–Crippen LogP) is 1.13. The van der Waals surface area contributed by atoms with Gasteiger partial charge < -0.3 is 15.8 Å². The summed E-state index contributed by atoms with van der Waals surface area (Å²) in [4.78, 5) is 47.7. The maximum absolute atomic E-state index is 12.5. The minimum Gasteiger partial charge on any atom is -0.450 e. The molecule has 1 aromatic carbocycles. The van der Waals surface area contributed by atoms with Crippen LogP contribution in [0.1, 0.15) is 33.3 Å². The molecule has 0 aliphatic carbocycles. The summed E-state index contributed by atoms with van der Waals surface area (Å²) in [6.07, 6.45) is -1.08. The first-order valence-corrected chi connectivity index (χ1v) is 8.75. The first kappa shape index (κ1) is 22.1. The number of rotatable bonds is 8. The summed E-state index contributed by atoms with van der Waals surface area (Å²) in [6, 6.07) is 7.15. The molecule has 0 aromatic heterocycles. The van der Waals surface area contributed by atoms with Gasteiger partial charge in [-0.25, -0.2) is 9.59 Å².